The van der Waals surface area contributed by atoms with Crippen LogP contribution in [0.2, 0.25) is 0 Å². The highest BCUT2D eigenvalue weighted by atomic mass is 16.5. The topological polar surface area (TPSA) is 45.2 Å². The number of methoxy groups -OCH3 is 1. The first kappa shape index (κ1) is 16.7. The molecule has 1 aromatic rings. The minimum absolute atomic E-state index is 0.237. The quantitative estimate of drug-likeness (QED) is 0.835. The minimum Gasteiger partial charge on any atom is -0.497 e. The molecule has 0 aromatic heterocycles. The number of piperazine rings is 1. The van der Waals surface area contributed by atoms with Gasteiger partial charge < -0.3 is 19.3 Å². The number of nitrogens with zero attached hydrogens (tertiary/aromatic N) is 3. The maximum atomic E-state index is 12.8. The second kappa shape index (κ2) is 7.22. The number of amides is 2. The van der Waals surface area contributed by atoms with Gasteiger partial charge in [-0.25, -0.2) is 4.79 Å². The summed E-state index contributed by atoms with van der Waals surface area (Å²) in [6.07, 6.45) is 1.95. The van der Waals surface area contributed by atoms with Crippen molar-refractivity contribution in [3.8, 4) is 5.75 Å². The van der Waals surface area contributed by atoms with Crippen LogP contribution in [0.25, 0.3) is 0 Å². The Kier molecular flexibility index (Phi) is 4.81. The lowest BCUT2D eigenvalue weighted by Gasteiger charge is -2.36. The third-order valence-electron chi connectivity index (χ3n) is 5.66. The lowest BCUT2D eigenvalue weighted by atomic mass is 10.1. The summed E-state index contributed by atoms with van der Waals surface area (Å²) in [5, 5.41) is 0. The monoisotopic (exact) mass is 345 g/mol. The highest BCUT2D eigenvalue weighted by Gasteiger charge is 2.43. The molecule has 25 heavy (non-hydrogen) atoms. The third-order valence-corrected chi connectivity index (χ3v) is 5.66. The summed E-state index contributed by atoms with van der Waals surface area (Å²) in [4.78, 5) is 19.4. The zero-order valence-electron chi connectivity index (χ0n) is 14.9. The van der Waals surface area contributed by atoms with E-state index in [0.717, 1.165) is 64.5 Å². The van der Waals surface area contributed by atoms with Crippen LogP contribution in [0.5, 0.6) is 5.75 Å². The molecule has 136 valence electrons. The summed E-state index contributed by atoms with van der Waals surface area (Å²) in [7, 11) is 1.69. The molecule has 0 saturated carbocycles. The maximum Gasteiger partial charge on any atom is 0.320 e. The van der Waals surface area contributed by atoms with Gasteiger partial charge in [0.05, 0.1) is 13.2 Å². The molecule has 2 amide bonds. The van der Waals surface area contributed by atoms with Gasteiger partial charge in [0.1, 0.15) is 5.75 Å². The zero-order valence-corrected chi connectivity index (χ0v) is 14.9. The Balaban J connectivity index is 1.36. The van der Waals surface area contributed by atoms with Crippen molar-refractivity contribution < 1.29 is 14.3 Å². The third kappa shape index (κ3) is 3.46. The Hall–Kier alpha value is -1.79. The molecular weight excluding hydrogens is 318 g/mol. The SMILES string of the molecule is COc1ccc(CN2CCN3C(=O)N(C4CCOCC4)C[C@H]3C2)cc1. The first-order valence-corrected chi connectivity index (χ1v) is 9.25. The molecule has 1 atom stereocenters. The second-order valence-corrected chi connectivity index (χ2v) is 7.21. The minimum atomic E-state index is 0.237. The standard InChI is InChI=1S/C19H27N3O3/c1-24-18-4-2-15(3-5-18)12-20-8-9-21-17(13-20)14-22(19(21)23)16-6-10-25-11-7-16/h2-5,16-17H,6-14H2,1H3/t17-/m1/s1. The van der Waals surface area contributed by atoms with Gasteiger partial charge in [0.25, 0.3) is 0 Å². The molecule has 0 bridgehead atoms. The number of benzene rings is 1. The summed E-state index contributed by atoms with van der Waals surface area (Å²) in [5.41, 5.74) is 1.29. The van der Waals surface area contributed by atoms with Crippen LogP contribution in [-0.4, -0.2) is 79.3 Å². The number of hydrogen-bond donors (Lipinski definition) is 0. The summed E-state index contributed by atoms with van der Waals surface area (Å²) in [5.74, 6) is 0.891. The number of urea groups is 1. The molecule has 3 aliphatic rings. The van der Waals surface area contributed by atoms with E-state index in [0.29, 0.717) is 12.1 Å². The van der Waals surface area contributed by atoms with Crippen LogP contribution in [0.4, 0.5) is 4.79 Å². The van der Waals surface area contributed by atoms with Crippen molar-refractivity contribution in [3.05, 3.63) is 29.8 Å². The number of carbonyl (C=O) groups excluding carboxylic acids is 1. The Morgan fingerprint density at radius 2 is 1.80 bits per heavy atom. The van der Waals surface area contributed by atoms with Crippen LogP contribution in [0, 0.1) is 0 Å². The fraction of sp³-hybridized carbons (Fsp3) is 0.632. The van der Waals surface area contributed by atoms with Crippen molar-refractivity contribution in [2.45, 2.75) is 31.5 Å². The molecule has 6 heteroatoms. The molecular formula is C19H27N3O3. The van der Waals surface area contributed by atoms with Crippen molar-refractivity contribution in [2.24, 2.45) is 0 Å². The molecule has 0 spiro atoms. The number of rotatable bonds is 4. The lowest BCUT2D eigenvalue weighted by Crippen LogP contribution is -2.51. The number of ether oxygens (including phenoxy) is 2. The van der Waals surface area contributed by atoms with Gasteiger partial charge in [-0.05, 0) is 30.5 Å². The number of fused-ring (bicyclic) bond motifs is 1. The molecule has 0 radical (unpaired) electrons. The van der Waals surface area contributed by atoms with Crippen molar-refractivity contribution in [1.82, 2.24) is 14.7 Å². The van der Waals surface area contributed by atoms with E-state index >= 15 is 0 Å². The predicted octanol–water partition coefficient (Wildman–Crippen LogP) is 1.80. The van der Waals surface area contributed by atoms with E-state index in [4.69, 9.17) is 9.47 Å². The van der Waals surface area contributed by atoms with Crippen molar-refractivity contribution in [3.63, 3.8) is 0 Å². The maximum absolute atomic E-state index is 12.8. The molecule has 0 N–H and O–H groups in total. The summed E-state index contributed by atoms with van der Waals surface area (Å²) >= 11 is 0. The molecule has 1 aromatic carbocycles. The Morgan fingerprint density at radius 3 is 2.52 bits per heavy atom. The van der Waals surface area contributed by atoms with Gasteiger partial charge in [0.2, 0.25) is 0 Å². The Labute approximate surface area is 149 Å². The predicted molar refractivity (Wildman–Crippen MR) is 94.7 cm³/mol. The summed E-state index contributed by atoms with van der Waals surface area (Å²) < 4.78 is 10.7. The highest BCUT2D eigenvalue weighted by Crippen LogP contribution is 2.27. The van der Waals surface area contributed by atoms with E-state index in [-0.39, 0.29) is 6.03 Å². The van der Waals surface area contributed by atoms with Crippen molar-refractivity contribution in [1.29, 1.82) is 0 Å². The van der Waals surface area contributed by atoms with Crippen LogP contribution in [0.3, 0.4) is 0 Å². The van der Waals surface area contributed by atoms with E-state index in [1.807, 2.05) is 12.1 Å². The van der Waals surface area contributed by atoms with Crippen LogP contribution in [0.15, 0.2) is 24.3 Å². The molecule has 3 fully saturated rings. The molecule has 4 rings (SSSR count). The van der Waals surface area contributed by atoms with Gasteiger partial charge in [-0.2, -0.15) is 0 Å². The van der Waals surface area contributed by atoms with Crippen LogP contribution in [-0.2, 0) is 11.3 Å². The molecule has 3 saturated heterocycles. The van der Waals surface area contributed by atoms with Gasteiger partial charge in [0, 0.05) is 52.0 Å². The van der Waals surface area contributed by atoms with E-state index in [2.05, 4.69) is 26.8 Å². The highest BCUT2D eigenvalue weighted by molar-refractivity contribution is 5.77. The lowest BCUT2D eigenvalue weighted by molar-refractivity contribution is 0.0504. The van der Waals surface area contributed by atoms with E-state index < -0.39 is 0 Å². The Bertz CT molecular complexity index is 600. The fourth-order valence-electron chi connectivity index (χ4n) is 4.23. The van der Waals surface area contributed by atoms with Gasteiger partial charge in [-0.1, -0.05) is 12.1 Å². The van der Waals surface area contributed by atoms with E-state index in [1.165, 1.54) is 5.56 Å². The largest absolute Gasteiger partial charge is 0.497 e. The second-order valence-electron chi connectivity index (χ2n) is 7.21. The van der Waals surface area contributed by atoms with Gasteiger partial charge in [-0.15, -0.1) is 0 Å². The molecule has 3 aliphatic heterocycles. The Morgan fingerprint density at radius 1 is 1.04 bits per heavy atom. The molecule has 0 aliphatic carbocycles. The average molecular weight is 345 g/mol. The van der Waals surface area contributed by atoms with Crippen LogP contribution >= 0.6 is 0 Å². The normalized spacial score (nSPS) is 25.3. The number of carbonyl (C=O) groups is 1. The molecule has 3 heterocycles. The molecule has 6 nitrogen and oxygen atoms in total. The van der Waals surface area contributed by atoms with E-state index in [9.17, 15) is 4.79 Å². The summed E-state index contributed by atoms with van der Waals surface area (Å²) in [6, 6.07) is 9.19. The zero-order chi connectivity index (χ0) is 17.2. The van der Waals surface area contributed by atoms with Crippen molar-refractivity contribution in [2.75, 3.05) is 46.5 Å². The van der Waals surface area contributed by atoms with E-state index in [1.54, 1.807) is 7.11 Å². The van der Waals surface area contributed by atoms with Crippen LogP contribution in [0.1, 0.15) is 18.4 Å². The van der Waals surface area contributed by atoms with Crippen LogP contribution < -0.4 is 4.74 Å². The number of hydrogen-bond acceptors (Lipinski definition) is 4. The first-order valence-electron chi connectivity index (χ1n) is 9.25. The average Bonchev–Trinajstić information content (AvgIpc) is 2.99. The first-order chi connectivity index (χ1) is 12.2. The van der Waals surface area contributed by atoms with Gasteiger partial charge >= 0.3 is 6.03 Å². The van der Waals surface area contributed by atoms with Crippen molar-refractivity contribution >= 4 is 6.03 Å². The van der Waals surface area contributed by atoms with Gasteiger partial charge in [-0.3, -0.25) is 4.90 Å². The fourth-order valence-corrected chi connectivity index (χ4v) is 4.23. The summed E-state index contributed by atoms with van der Waals surface area (Å²) in [6.45, 7) is 6.08. The van der Waals surface area contributed by atoms with Gasteiger partial charge in [0.15, 0.2) is 0 Å². The smallest absolute Gasteiger partial charge is 0.320 e. The molecule has 0 unspecified atom stereocenters.